The van der Waals surface area contributed by atoms with Crippen molar-refractivity contribution in [2.45, 2.75) is 39.2 Å². The molecule has 158 valence electrons. The minimum absolute atomic E-state index is 0. The van der Waals surface area contributed by atoms with Crippen LogP contribution in [0.4, 0.5) is 4.39 Å². The van der Waals surface area contributed by atoms with Crippen molar-refractivity contribution < 1.29 is 13.9 Å². The zero-order valence-electron chi connectivity index (χ0n) is 17.1. The summed E-state index contributed by atoms with van der Waals surface area (Å²) < 4.78 is 19.8. The standard InChI is InChI=1S/C20H31FN4O2.HI/c1-5-22-20(23-11-10-19(26)25(3)4)24-14(2)16-8-9-18(17(21)12-16)27-13-15-6-7-15;/h8-9,12,14-15H,5-7,10-11,13H2,1-4H3,(H2,22,23,24);1H. The van der Waals surface area contributed by atoms with Crippen molar-refractivity contribution in [3.05, 3.63) is 29.6 Å². The van der Waals surface area contributed by atoms with Gasteiger partial charge < -0.3 is 20.3 Å². The number of guanidine groups is 1. The highest BCUT2D eigenvalue weighted by molar-refractivity contribution is 14.0. The van der Waals surface area contributed by atoms with E-state index in [0.29, 0.717) is 43.7 Å². The molecule has 0 spiro atoms. The van der Waals surface area contributed by atoms with Crippen LogP contribution in [0, 0.1) is 11.7 Å². The third-order valence-electron chi connectivity index (χ3n) is 4.42. The summed E-state index contributed by atoms with van der Waals surface area (Å²) in [6.07, 6.45) is 2.69. The normalized spacial score (nSPS) is 14.7. The van der Waals surface area contributed by atoms with E-state index in [1.165, 1.54) is 18.9 Å². The van der Waals surface area contributed by atoms with Gasteiger partial charge in [-0.1, -0.05) is 6.07 Å². The van der Waals surface area contributed by atoms with Crippen LogP contribution in [0.2, 0.25) is 0 Å². The number of carbonyl (C=O) groups is 1. The molecule has 1 aliphatic rings. The smallest absolute Gasteiger partial charge is 0.223 e. The van der Waals surface area contributed by atoms with Gasteiger partial charge in [-0.2, -0.15) is 0 Å². The van der Waals surface area contributed by atoms with Crippen molar-refractivity contribution in [3.8, 4) is 5.75 Å². The van der Waals surface area contributed by atoms with Crippen LogP contribution in [0.5, 0.6) is 5.75 Å². The maximum absolute atomic E-state index is 14.3. The van der Waals surface area contributed by atoms with Crippen molar-refractivity contribution in [1.82, 2.24) is 15.5 Å². The van der Waals surface area contributed by atoms with Crippen molar-refractivity contribution in [2.24, 2.45) is 10.9 Å². The van der Waals surface area contributed by atoms with E-state index in [9.17, 15) is 9.18 Å². The summed E-state index contributed by atoms with van der Waals surface area (Å²) in [6, 6.07) is 4.91. The molecule has 0 aliphatic heterocycles. The average Bonchev–Trinajstić information content (AvgIpc) is 3.44. The third-order valence-corrected chi connectivity index (χ3v) is 4.42. The molecule has 2 N–H and O–H groups in total. The highest BCUT2D eigenvalue weighted by Crippen LogP contribution is 2.30. The van der Waals surface area contributed by atoms with Crippen LogP contribution in [0.3, 0.4) is 0 Å². The number of aliphatic imine (C=N–C) groups is 1. The fourth-order valence-electron chi connectivity index (χ4n) is 2.49. The number of ether oxygens (including phenoxy) is 1. The lowest BCUT2D eigenvalue weighted by Gasteiger charge is -2.19. The molecule has 28 heavy (non-hydrogen) atoms. The molecule has 8 heteroatoms. The van der Waals surface area contributed by atoms with Crippen molar-refractivity contribution >= 4 is 35.8 Å². The first-order valence-electron chi connectivity index (χ1n) is 9.58. The number of amides is 1. The molecule has 1 aromatic rings. The molecule has 2 rings (SSSR count). The molecule has 6 nitrogen and oxygen atoms in total. The van der Waals surface area contributed by atoms with Gasteiger partial charge in [-0.3, -0.25) is 9.79 Å². The number of nitrogens with zero attached hydrogens (tertiary/aromatic N) is 2. The second-order valence-corrected chi connectivity index (χ2v) is 7.11. The number of halogens is 2. The van der Waals surface area contributed by atoms with Crippen LogP contribution in [-0.2, 0) is 4.79 Å². The Morgan fingerprint density at radius 3 is 2.68 bits per heavy atom. The molecule has 0 radical (unpaired) electrons. The van der Waals surface area contributed by atoms with E-state index in [-0.39, 0.29) is 41.7 Å². The molecule has 0 saturated heterocycles. The summed E-state index contributed by atoms with van der Waals surface area (Å²) in [4.78, 5) is 17.6. The minimum Gasteiger partial charge on any atom is -0.490 e. The lowest BCUT2D eigenvalue weighted by Crippen LogP contribution is -2.39. The van der Waals surface area contributed by atoms with E-state index in [0.717, 1.165) is 5.56 Å². The molecule has 0 aromatic heterocycles. The van der Waals surface area contributed by atoms with E-state index < -0.39 is 0 Å². The van der Waals surface area contributed by atoms with E-state index >= 15 is 0 Å². The Morgan fingerprint density at radius 1 is 1.39 bits per heavy atom. The molecule has 1 fully saturated rings. The van der Waals surface area contributed by atoms with Crippen LogP contribution >= 0.6 is 24.0 Å². The van der Waals surface area contributed by atoms with Crippen LogP contribution in [-0.4, -0.2) is 50.6 Å². The maximum atomic E-state index is 14.3. The van der Waals surface area contributed by atoms with Gasteiger partial charge in [0.2, 0.25) is 5.91 Å². The van der Waals surface area contributed by atoms with E-state index in [1.807, 2.05) is 19.9 Å². The summed E-state index contributed by atoms with van der Waals surface area (Å²) >= 11 is 0. The van der Waals surface area contributed by atoms with Crippen LogP contribution < -0.4 is 15.4 Å². The van der Waals surface area contributed by atoms with Crippen LogP contribution in [0.25, 0.3) is 0 Å². The monoisotopic (exact) mass is 506 g/mol. The van der Waals surface area contributed by atoms with Gasteiger partial charge in [0.15, 0.2) is 17.5 Å². The fourth-order valence-corrected chi connectivity index (χ4v) is 2.49. The van der Waals surface area contributed by atoms with E-state index in [4.69, 9.17) is 4.74 Å². The second kappa shape index (κ2) is 12.1. The SMILES string of the molecule is CCNC(=NCCC(=O)N(C)C)NC(C)c1ccc(OCC2CC2)c(F)c1.I. The number of hydrogen-bond donors (Lipinski definition) is 2. The van der Waals surface area contributed by atoms with Gasteiger partial charge in [0, 0.05) is 27.1 Å². The highest BCUT2D eigenvalue weighted by Gasteiger charge is 2.22. The zero-order chi connectivity index (χ0) is 19.8. The second-order valence-electron chi connectivity index (χ2n) is 7.11. The van der Waals surface area contributed by atoms with E-state index in [2.05, 4.69) is 15.6 Å². The maximum Gasteiger partial charge on any atom is 0.223 e. The quantitative estimate of drug-likeness (QED) is 0.307. The predicted molar refractivity (Wildman–Crippen MR) is 121 cm³/mol. The average molecular weight is 506 g/mol. The van der Waals surface area contributed by atoms with Crippen molar-refractivity contribution in [2.75, 3.05) is 33.8 Å². The summed E-state index contributed by atoms with van der Waals surface area (Å²) in [6.45, 7) is 5.59. The first kappa shape index (κ1) is 24.5. The first-order chi connectivity index (χ1) is 12.9. The summed E-state index contributed by atoms with van der Waals surface area (Å²) in [5, 5.41) is 6.40. The molecule has 0 bridgehead atoms. The first-order valence-corrected chi connectivity index (χ1v) is 9.58. The van der Waals surface area contributed by atoms with Gasteiger partial charge in [0.1, 0.15) is 0 Å². The third kappa shape index (κ3) is 8.20. The minimum atomic E-state index is -0.347. The summed E-state index contributed by atoms with van der Waals surface area (Å²) in [5.41, 5.74) is 0.807. The Morgan fingerprint density at radius 2 is 2.11 bits per heavy atom. The molecule has 1 atom stereocenters. The Balaban J connectivity index is 0.00000392. The van der Waals surface area contributed by atoms with Crippen molar-refractivity contribution in [1.29, 1.82) is 0 Å². The fraction of sp³-hybridized carbons (Fsp3) is 0.600. The van der Waals surface area contributed by atoms with Crippen molar-refractivity contribution in [3.63, 3.8) is 0 Å². The molecule has 0 heterocycles. The molecule has 1 unspecified atom stereocenters. The highest BCUT2D eigenvalue weighted by atomic mass is 127. The molecule has 1 amide bonds. The van der Waals surface area contributed by atoms with Crippen LogP contribution in [0.15, 0.2) is 23.2 Å². The molecular formula is C20H32FIN4O2. The summed E-state index contributed by atoms with van der Waals surface area (Å²) in [5.74, 6) is 1.18. The Hall–Kier alpha value is -1.58. The number of rotatable bonds is 9. The Labute approximate surface area is 184 Å². The molecule has 1 saturated carbocycles. The predicted octanol–water partition coefficient (Wildman–Crippen LogP) is 3.33. The topological polar surface area (TPSA) is 66.0 Å². The Bertz CT molecular complexity index is 666. The molecule has 1 aliphatic carbocycles. The van der Waals surface area contributed by atoms with Gasteiger partial charge in [0.25, 0.3) is 0 Å². The van der Waals surface area contributed by atoms with Gasteiger partial charge in [-0.05, 0) is 50.3 Å². The number of benzene rings is 1. The van der Waals surface area contributed by atoms with Gasteiger partial charge in [-0.25, -0.2) is 4.39 Å². The lowest BCUT2D eigenvalue weighted by molar-refractivity contribution is -0.128. The Kier molecular flexibility index (Phi) is 10.6. The molecular weight excluding hydrogens is 474 g/mol. The zero-order valence-corrected chi connectivity index (χ0v) is 19.5. The van der Waals surface area contributed by atoms with Crippen LogP contribution in [0.1, 0.15) is 44.7 Å². The number of nitrogens with one attached hydrogen (secondary N) is 2. The largest absolute Gasteiger partial charge is 0.490 e. The number of carbonyl (C=O) groups excluding carboxylic acids is 1. The van der Waals surface area contributed by atoms with Gasteiger partial charge >= 0.3 is 0 Å². The van der Waals surface area contributed by atoms with Gasteiger partial charge in [-0.15, -0.1) is 24.0 Å². The van der Waals surface area contributed by atoms with E-state index in [1.54, 1.807) is 25.1 Å². The van der Waals surface area contributed by atoms with Gasteiger partial charge in [0.05, 0.1) is 19.2 Å². The number of hydrogen-bond acceptors (Lipinski definition) is 3. The summed E-state index contributed by atoms with van der Waals surface area (Å²) in [7, 11) is 3.45. The lowest BCUT2D eigenvalue weighted by atomic mass is 10.1. The molecule has 1 aromatic carbocycles.